The summed E-state index contributed by atoms with van der Waals surface area (Å²) < 4.78 is 0. The first-order valence-electron chi connectivity index (χ1n) is 4.40. The fraction of sp³-hybridized carbons (Fsp3) is 0.182. The normalized spacial score (nSPS) is 20.5. The lowest BCUT2D eigenvalue weighted by molar-refractivity contribution is 0.888. The lowest BCUT2D eigenvalue weighted by Crippen LogP contribution is -1.99. The molecule has 1 atom stereocenters. The molecular weight excluding hydrogens is 160 g/mol. The minimum Gasteiger partial charge on any atom is -0.399 e. The molecule has 2 heteroatoms. The third-order valence-corrected chi connectivity index (χ3v) is 2.21. The van der Waals surface area contributed by atoms with E-state index in [1.165, 1.54) is 5.56 Å². The van der Waals surface area contributed by atoms with Gasteiger partial charge < -0.3 is 5.73 Å². The van der Waals surface area contributed by atoms with Gasteiger partial charge in [0.15, 0.2) is 0 Å². The highest BCUT2D eigenvalue weighted by Crippen LogP contribution is 2.23. The molecule has 2 N–H and O–H groups in total. The van der Waals surface area contributed by atoms with Crippen LogP contribution < -0.4 is 5.73 Å². The van der Waals surface area contributed by atoms with E-state index < -0.39 is 0 Å². The van der Waals surface area contributed by atoms with Crippen LogP contribution in [0.4, 0.5) is 5.69 Å². The lowest BCUT2D eigenvalue weighted by Gasteiger charge is -2.12. The van der Waals surface area contributed by atoms with Crippen molar-refractivity contribution in [3.63, 3.8) is 0 Å². The smallest absolute Gasteiger partial charge is 0.0316 e. The molecule has 1 aromatic rings. The standard InChI is InChI=1S/C11H12N2/c12-11-3-1-2-10(8-11)9-4-6-13-7-5-9/h1-4,6-9H,5,12H2. The zero-order chi connectivity index (χ0) is 9.10. The van der Waals surface area contributed by atoms with E-state index in [2.05, 4.69) is 17.1 Å². The number of rotatable bonds is 1. The highest BCUT2D eigenvalue weighted by molar-refractivity contribution is 5.62. The van der Waals surface area contributed by atoms with Gasteiger partial charge in [0.1, 0.15) is 0 Å². The molecule has 0 aromatic heterocycles. The Kier molecular flexibility index (Phi) is 2.13. The first-order valence-corrected chi connectivity index (χ1v) is 4.40. The van der Waals surface area contributed by atoms with E-state index in [0.717, 1.165) is 12.1 Å². The van der Waals surface area contributed by atoms with E-state index in [4.69, 9.17) is 5.73 Å². The van der Waals surface area contributed by atoms with Gasteiger partial charge in [-0.05, 0) is 24.1 Å². The Bertz CT molecular complexity index is 353. The Morgan fingerprint density at radius 1 is 1.38 bits per heavy atom. The summed E-state index contributed by atoms with van der Waals surface area (Å²) in [6.07, 6.45) is 6.86. The number of nitrogens with two attached hydrogens (primary N) is 1. The van der Waals surface area contributed by atoms with Crippen LogP contribution in [-0.2, 0) is 0 Å². The summed E-state index contributed by atoms with van der Waals surface area (Å²) in [4.78, 5) is 4.04. The highest BCUT2D eigenvalue weighted by atomic mass is 14.7. The van der Waals surface area contributed by atoms with Gasteiger partial charge in [0, 0.05) is 24.0 Å². The molecule has 13 heavy (non-hydrogen) atoms. The Hall–Kier alpha value is -1.57. The van der Waals surface area contributed by atoms with E-state index in [-0.39, 0.29) is 0 Å². The molecule has 1 aromatic carbocycles. The summed E-state index contributed by atoms with van der Waals surface area (Å²) in [5.74, 6) is 0.445. The zero-order valence-corrected chi connectivity index (χ0v) is 7.35. The van der Waals surface area contributed by atoms with Crippen molar-refractivity contribution in [3.05, 3.63) is 42.1 Å². The van der Waals surface area contributed by atoms with Crippen molar-refractivity contribution >= 4 is 11.9 Å². The summed E-state index contributed by atoms with van der Waals surface area (Å²) >= 11 is 0. The molecule has 0 bridgehead atoms. The predicted molar refractivity (Wildman–Crippen MR) is 55.8 cm³/mol. The van der Waals surface area contributed by atoms with Crippen molar-refractivity contribution in [2.75, 3.05) is 5.73 Å². The van der Waals surface area contributed by atoms with Gasteiger partial charge in [-0.1, -0.05) is 18.2 Å². The van der Waals surface area contributed by atoms with Crippen LogP contribution in [0, 0.1) is 0 Å². The quantitative estimate of drug-likeness (QED) is 0.649. The molecule has 0 amide bonds. The summed E-state index contributed by atoms with van der Waals surface area (Å²) in [5.41, 5.74) is 7.80. The SMILES string of the molecule is Nc1cccc(C2C=CN=CC2)c1. The molecule has 0 aliphatic carbocycles. The fourth-order valence-corrected chi connectivity index (χ4v) is 1.50. The molecule has 0 saturated carbocycles. The maximum absolute atomic E-state index is 5.71. The van der Waals surface area contributed by atoms with Crippen molar-refractivity contribution in [1.29, 1.82) is 0 Å². The first kappa shape index (κ1) is 8.05. The van der Waals surface area contributed by atoms with E-state index in [0.29, 0.717) is 5.92 Å². The van der Waals surface area contributed by atoms with Crippen LogP contribution in [0.2, 0.25) is 0 Å². The fourth-order valence-electron chi connectivity index (χ4n) is 1.50. The topological polar surface area (TPSA) is 38.4 Å². The Morgan fingerprint density at radius 2 is 2.31 bits per heavy atom. The van der Waals surface area contributed by atoms with Crippen LogP contribution in [0.15, 0.2) is 41.5 Å². The number of anilines is 1. The molecule has 1 heterocycles. The second kappa shape index (κ2) is 3.44. The van der Waals surface area contributed by atoms with Gasteiger partial charge in [-0.15, -0.1) is 0 Å². The van der Waals surface area contributed by atoms with Crippen LogP contribution in [0.5, 0.6) is 0 Å². The second-order valence-electron chi connectivity index (χ2n) is 3.19. The number of hydrogen-bond acceptors (Lipinski definition) is 2. The van der Waals surface area contributed by atoms with Crippen molar-refractivity contribution in [2.45, 2.75) is 12.3 Å². The number of hydrogen-bond donors (Lipinski definition) is 1. The van der Waals surface area contributed by atoms with Crippen molar-refractivity contribution in [1.82, 2.24) is 0 Å². The van der Waals surface area contributed by atoms with E-state index >= 15 is 0 Å². The van der Waals surface area contributed by atoms with Gasteiger partial charge in [0.2, 0.25) is 0 Å². The minimum absolute atomic E-state index is 0.445. The lowest BCUT2D eigenvalue weighted by atomic mass is 9.95. The average Bonchev–Trinajstić information content (AvgIpc) is 2.19. The second-order valence-corrected chi connectivity index (χ2v) is 3.19. The molecule has 66 valence electrons. The Balaban J connectivity index is 2.25. The number of aliphatic imine (C=N–C) groups is 1. The number of nitrogens with zero attached hydrogens (tertiary/aromatic N) is 1. The van der Waals surface area contributed by atoms with Crippen molar-refractivity contribution < 1.29 is 0 Å². The number of nitrogen functional groups attached to an aromatic ring is 1. The Labute approximate surface area is 77.8 Å². The van der Waals surface area contributed by atoms with Gasteiger partial charge >= 0.3 is 0 Å². The van der Waals surface area contributed by atoms with Crippen LogP contribution >= 0.6 is 0 Å². The van der Waals surface area contributed by atoms with E-state index in [1.54, 1.807) is 0 Å². The first-order chi connectivity index (χ1) is 6.36. The molecule has 0 radical (unpaired) electrons. The third-order valence-electron chi connectivity index (χ3n) is 2.21. The Morgan fingerprint density at radius 3 is 3.00 bits per heavy atom. The predicted octanol–water partition coefficient (Wildman–Crippen LogP) is 2.34. The van der Waals surface area contributed by atoms with Crippen LogP contribution in [0.1, 0.15) is 17.9 Å². The monoisotopic (exact) mass is 172 g/mol. The van der Waals surface area contributed by atoms with Crippen LogP contribution in [0.25, 0.3) is 0 Å². The molecule has 1 unspecified atom stereocenters. The number of allylic oxidation sites excluding steroid dienone is 1. The molecule has 2 rings (SSSR count). The minimum atomic E-state index is 0.445. The maximum Gasteiger partial charge on any atom is 0.0316 e. The highest BCUT2D eigenvalue weighted by Gasteiger charge is 2.08. The molecule has 1 aliphatic heterocycles. The van der Waals surface area contributed by atoms with Gasteiger partial charge in [0.05, 0.1) is 0 Å². The van der Waals surface area contributed by atoms with Crippen LogP contribution in [0.3, 0.4) is 0 Å². The van der Waals surface area contributed by atoms with Crippen molar-refractivity contribution in [2.24, 2.45) is 4.99 Å². The van der Waals surface area contributed by atoms with E-state index in [9.17, 15) is 0 Å². The van der Waals surface area contributed by atoms with Crippen LogP contribution in [-0.4, -0.2) is 6.21 Å². The number of benzene rings is 1. The van der Waals surface area contributed by atoms with Gasteiger partial charge in [-0.3, -0.25) is 4.99 Å². The largest absolute Gasteiger partial charge is 0.399 e. The maximum atomic E-state index is 5.71. The molecule has 1 aliphatic rings. The van der Waals surface area contributed by atoms with E-state index in [1.807, 2.05) is 30.6 Å². The summed E-state index contributed by atoms with van der Waals surface area (Å²) in [6, 6.07) is 8.02. The third kappa shape index (κ3) is 1.78. The average molecular weight is 172 g/mol. The molecule has 2 nitrogen and oxygen atoms in total. The molecule has 0 spiro atoms. The van der Waals surface area contributed by atoms with Gasteiger partial charge in [-0.25, -0.2) is 0 Å². The molecule has 0 saturated heterocycles. The van der Waals surface area contributed by atoms with Gasteiger partial charge in [-0.2, -0.15) is 0 Å². The zero-order valence-electron chi connectivity index (χ0n) is 7.35. The van der Waals surface area contributed by atoms with Crippen molar-refractivity contribution in [3.8, 4) is 0 Å². The van der Waals surface area contributed by atoms with Gasteiger partial charge in [0.25, 0.3) is 0 Å². The molecule has 0 fully saturated rings. The summed E-state index contributed by atoms with van der Waals surface area (Å²) in [7, 11) is 0. The summed E-state index contributed by atoms with van der Waals surface area (Å²) in [6.45, 7) is 0. The molecular formula is C11H12N2. The summed E-state index contributed by atoms with van der Waals surface area (Å²) in [5, 5.41) is 0.